The summed E-state index contributed by atoms with van der Waals surface area (Å²) in [6, 6.07) is 3.42. The number of halogens is 3. The predicted molar refractivity (Wildman–Crippen MR) is 81.0 cm³/mol. The van der Waals surface area contributed by atoms with E-state index in [1.807, 2.05) is 0 Å². The van der Waals surface area contributed by atoms with E-state index in [2.05, 4.69) is 9.72 Å². The summed E-state index contributed by atoms with van der Waals surface area (Å²) in [6.07, 6.45) is -0.745. The molecule has 0 bridgehead atoms. The third-order valence-corrected chi connectivity index (χ3v) is 3.96. The zero-order valence-electron chi connectivity index (χ0n) is 12.7. The van der Waals surface area contributed by atoms with Gasteiger partial charge in [0.25, 0.3) is 5.91 Å². The average molecular weight is 340 g/mol. The second-order valence-electron chi connectivity index (χ2n) is 5.64. The number of piperidine rings is 1. The van der Waals surface area contributed by atoms with Gasteiger partial charge in [-0.15, -0.1) is 13.2 Å². The summed E-state index contributed by atoms with van der Waals surface area (Å²) < 4.78 is 40.8. The molecule has 3 rings (SSSR count). The van der Waals surface area contributed by atoms with Gasteiger partial charge in [0.2, 0.25) is 5.43 Å². The lowest BCUT2D eigenvalue weighted by molar-refractivity contribution is -0.274. The fourth-order valence-corrected chi connectivity index (χ4v) is 2.82. The first kappa shape index (κ1) is 16.4. The SMILES string of the molecule is O=C(c1c[nH]c2ccc(OC(F)(F)F)cc2c1=O)N1CCCCC1. The van der Waals surface area contributed by atoms with Crippen molar-refractivity contribution in [3.63, 3.8) is 0 Å². The lowest BCUT2D eigenvalue weighted by atomic mass is 10.1. The van der Waals surface area contributed by atoms with Crippen LogP contribution < -0.4 is 10.2 Å². The van der Waals surface area contributed by atoms with Crippen molar-refractivity contribution in [3.05, 3.63) is 40.2 Å². The summed E-state index contributed by atoms with van der Waals surface area (Å²) in [5.74, 6) is -0.900. The van der Waals surface area contributed by atoms with E-state index in [4.69, 9.17) is 0 Å². The molecule has 0 spiro atoms. The van der Waals surface area contributed by atoms with Crippen molar-refractivity contribution in [2.45, 2.75) is 25.6 Å². The number of carbonyl (C=O) groups excluding carboxylic acids is 1. The molecule has 8 heteroatoms. The van der Waals surface area contributed by atoms with E-state index in [1.165, 1.54) is 12.3 Å². The summed E-state index contributed by atoms with van der Waals surface area (Å²) in [5, 5.41) is -0.0143. The number of benzene rings is 1. The highest BCUT2D eigenvalue weighted by Crippen LogP contribution is 2.25. The maximum Gasteiger partial charge on any atom is 0.573 e. The number of hydrogen-bond donors (Lipinski definition) is 1. The molecular formula is C16H15F3N2O3. The van der Waals surface area contributed by atoms with Crippen molar-refractivity contribution < 1.29 is 22.7 Å². The molecule has 1 aliphatic heterocycles. The van der Waals surface area contributed by atoms with Gasteiger partial charge in [-0.05, 0) is 37.5 Å². The first-order chi connectivity index (χ1) is 11.3. The monoisotopic (exact) mass is 340 g/mol. The second-order valence-corrected chi connectivity index (χ2v) is 5.64. The number of pyridine rings is 1. The Hall–Kier alpha value is -2.51. The van der Waals surface area contributed by atoms with E-state index in [-0.39, 0.29) is 10.9 Å². The molecule has 0 radical (unpaired) electrons. The molecule has 1 aromatic carbocycles. The number of amides is 1. The molecule has 1 fully saturated rings. The van der Waals surface area contributed by atoms with E-state index in [9.17, 15) is 22.8 Å². The summed E-state index contributed by atoms with van der Waals surface area (Å²) in [6.45, 7) is 1.15. The Labute approximate surface area is 135 Å². The minimum atomic E-state index is -4.85. The van der Waals surface area contributed by atoms with Crippen LogP contribution in [0.1, 0.15) is 29.6 Å². The number of hydrogen-bond acceptors (Lipinski definition) is 3. The van der Waals surface area contributed by atoms with Gasteiger partial charge in [-0.3, -0.25) is 9.59 Å². The molecule has 1 N–H and O–H groups in total. The van der Waals surface area contributed by atoms with Crippen molar-refractivity contribution in [2.24, 2.45) is 0 Å². The minimum absolute atomic E-state index is 0.0143. The van der Waals surface area contributed by atoms with Crippen molar-refractivity contribution in [2.75, 3.05) is 13.1 Å². The number of likely N-dealkylation sites (tertiary alicyclic amines) is 1. The Morgan fingerprint density at radius 2 is 1.88 bits per heavy atom. The summed E-state index contributed by atoms with van der Waals surface area (Å²) in [5.41, 5.74) is -0.342. The standard InChI is InChI=1S/C16H15F3N2O3/c17-16(18,19)24-10-4-5-13-11(8-10)14(22)12(9-20-13)15(23)21-6-2-1-3-7-21/h4-5,8-9H,1-3,6-7H2,(H,20,22). The molecule has 5 nitrogen and oxygen atoms in total. The maximum atomic E-state index is 12.5. The van der Waals surface area contributed by atoms with Crippen molar-refractivity contribution in [3.8, 4) is 5.75 Å². The zero-order chi connectivity index (χ0) is 17.3. The third kappa shape index (κ3) is 3.37. The number of carbonyl (C=O) groups is 1. The second kappa shape index (κ2) is 6.18. The van der Waals surface area contributed by atoms with E-state index >= 15 is 0 Å². The number of H-pyrrole nitrogens is 1. The van der Waals surface area contributed by atoms with Gasteiger partial charge in [0.15, 0.2) is 0 Å². The first-order valence-corrected chi connectivity index (χ1v) is 7.55. The van der Waals surface area contributed by atoms with E-state index in [1.54, 1.807) is 4.90 Å². The van der Waals surface area contributed by atoms with Crippen LogP contribution in [0.2, 0.25) is 0 Å². The Morgan fingerprint density at radius 3 is 2.54 bits per heavy atom. The molecule has 1 saturated heterocycles. The largest absolute Gasteiger partial charge is 0.573 e. The van der Waals surface area contributed by atoms with Gasteiger partial charge in [-0.1, -0.05) is 0 Å². The van der Waals surface area contributed by atoms with Crippen LogP contribution >= 0.6 is 0 Å². The lowest BCUT2D eigenvalue weighted by Gasteiger charge is -2.26. The molecule has 2 aromatic rings. The van der Waals surface area contributed by atoms with Crippen LogP contribution in [0.4, 0.5) is 13.2 Å². The van der Waals surface area contributed by atoms with Gasteiger partial charge in [0, 0.05) is 30.2 Å². The van der Waals surface area contributed by atoms with E-state index in [0.29, 0.717) is 18.6 Å². The minimum Gasteiger partial charge on any atom is -0.406 e. The molecule has 1 amide bonds. The van der Waals surface area contributed by atoms with Crippen LogP contribution in [0.25, 0.3) is 10.9 Å². The number of rotatable bonds is 2. The van der Waals surface area contributed by atoms with Gasteiger partial charge in [-0.2, -0.15) is 0 Å². The molecule has 128 valence electrons. The van der Waals surface area contributed by atoms with Gasteiger partial charge in [0.1, 0.15) is 11.3 Å². The Kier molecular flexibility index (Phi) is 4.21. The molecule has 0 unspecified atom stereocenters. The number of ether oxygens (including phenoxy) is 1. The highest BCUT2D eigenvalue weighted by Gasteiger charge is 2.31. The smallest absolute Gasteiger partial charge is 0.406 e. The lowest BCUT2D eigenvalue weighted by Crippen LogP contribution is -2.38. The maximum absolute atomic E-state index is 12.5. The molecule has 0 atom stereocenters. The van der Waals surface area contributed by atoms with Crippen molar-refractivity contribution in [1.82, 2.24) is 9.88 Å². The molecule has 1 aliphatic rings. The highest BCUT2D eigenvalue weighted by molar-refractivity contribution is 5.97. The molecule has 1 aromatic heterocycles. The number of aromatic amines is 1. The van der Waals surface area contributed by atoms with Crippen molar-refractivity contribution in [1.29, 1.82) is 0 Å². The molecule has 0 saturated carbocycles. The number of nitrogens with zero attached hydrogens (tertiary/aromatic N) is 1. The van der Waals surface area contributed by atoms with Crippen LogP contribution in [0, 0.1) is 0 Å². The van der Waals surface area contributed by atoms with Crippen LogP contribution in [0.3, 0.4) is 0 Å². The topological polar surface area (TPSA) is 62.4 Å². The summed E-state index contributed by atoms with van der Waals surface area (Å²) in [4.78, 5) is 29.4. The number of fused-ring (bicyclic) bond motifs is 1. The van der Waals surface area contributed by atoms with Crippen LogP contribution in [0.15, 0.2) is 29.2 Å². The number of alkyl halides is 3. The molecule has 24 heavy (non-hydrogen) atoms. The normalized spacial score (nSPS) is 15.5. The summed E-state index contributed by atoms with van der Waals surface area (Å²) >= 11 is 0. The van der Waals surface area contributed by atoms with Crippen molar-refractivity contribution >= 4 is 16.8 Å². The van der Waals surface area contributed by atoms with Gasteiger partial charge < -0.3 is 14.6 Å². The van der Waals surface area contributed by atoms with Gasteiger partial charge >= 0.3 is 6.36 Å². The fourth-order valence-electron chi connectivity index (χ4n) is 2.82. The Balaban J connectivity index is 1.99. The molecule has 0 aliphatic carbocycles. The van der Waals surface area contributed by atoms with Crippen LogP contribution in [-0.2, 0) is 0 Å². The van der Waals surface area contributed by atoms with E-state index < -0.39 is 23.4 Å². The number of nitrogens with one attached hydrogen (secondary N) is 1. The van der Waals surface area contributed by atoms with E-state index in [0.717, 1.165) is 31.4 Å². The zero-order valence-corrected chi connectivity index (χ0v) is 12.7. The van der Waals surface area contributed by atoms with Crippen LogP contribution in [0.5, 0.6) is 5.75 Å². The highest BCUT2D eigenvalue weighted by atomic mass is 19.4. The quantitative estimate of drug-likeness (QED) is 0.914. The van der Waals surface area contributed by atoms with Crippen LogP contribution in [-0.4, -0.2) is 35.2 Å². The fraction of sp³-hybridized carbons (Fsp3) is 0.375. The molecular weight excluding hydrogens is 325 g/mol. The third-order valence-electron chi connectivity index (χ3n) is 3.96. The first-order valence-electron chi connectivity index (χ1n) is 7.55. The Bertz CT molecular complexity index is 823. The molecule has 2 heterocycles. The average Bonchev–Trinajstić information content (AvgIpc) is 2.54. The summed E-state index contributed by atoms with van der Waals surface area (Å²) in [7, 11) is 0. The Morgan fingerprint density at radius 1 is 1.17 bits per heavy atom. The van der Waals surface area contributed by atoms with Gasteiger partial charge in [-0.25, -0.2) is 0 Å². The predicted octanol–water partition coefficient (Wildman–Crippen LogP) is 3.05. The number of aromatic nitrogens is 1. The van der Waals surface area contributed by atoms with Gasteiger partial charge in [0.05, 0.1) is 0 Å².